The van der Waals surface area contributed by atoms with E-state index >= 15 is 8.78 Å². The fourth-order valence-electron chi connectivity index (χ4n) is 8.14. The molecule has 302 valence electrons. The van der Waals surface area contributed by atoms with Crippen molar-refractivity contribution in [1.82, 2.24) is 9.97 Å². The Morgan fingerprint density at radius 2 is 0.581 bits per heavy atom. The Morgan fingerprint density at radius 1 is 0.290 bits per heavy atom. The van der Waals surface area contributed by atoms with E-state index in [1.54, 1.807) is 48.5 Å². The Kier molecular flexibility index (Phi) is 9.36. The number of nitrogens with one attached hydrogen (secondary N) is 2. The van der Waals surface area contributed by atoms with Crippen molar-refractivity contribution in [3.63, 3.8) is 0 Å². The van der Waals surface area contributed by atoms with Crippen LogP contribution < -0.4 is 0 Å². The number of H-pyrrole nitrogens is 2. The molecule has 0 fully saturated rings. The van der Waals surface area contributed by atoms with Gasteiger partial charge >= 0.3 is 0 Å². The lowest BCUT2D eigenvalue weighted by Gasteiger charge is -2.08. The molecule has 2 nitrogen and oxygen atoms in total. The largest absolute Gasteiger partial charge is 0.354 e. The Balaban J connectivity index is 0.815. The zero-order valence-corrected chi connectivity index (χ0v) is 32.0. The van der Waals surface area contributed by atoms with Crippen LogP contribution in [-0.2, 0) is 0 Å². The number of benzene rings is 8. The molecule has 0 aliphatic carbocycles. The maximum atomic E-state index is 15.2. The van der Waals surface area contributed by atoms with Gasteiger partial charge in [-0.2, -0.15) is 0 Å². The van der Waals surface area contributed by atoms with Gasteiger partial charge in [0.2, 0.25) is 0 Å². The monoisotopic (exact) mass is 832 g/mol. The van der Waals surface area contributed by atoms with Crippen molar-refractivity contribution in [2.45, 2.75) is 0 Å². The van der Waals surface area contributed by atoms with Crippen molar-refractivity contribution in [1.29, 1.82) is 0 Å². The number of aromatic amines is 2. The Hall–Kier alpha value is -7.72. The van der Waals surface area contributed by atoms with Crippen LogP contribution >= 0.6 is 0 Å². The standard InChI is InChI=1S/C52H28F8N2/c53-35-21-37(55)47-43(23-35)61-51-45(39(57)25-41(59)49(47)51)33-17-9-29(10-18-33)3-1-27-5-13-31(14-6-27)32-15-7-28(8-16-32)2-4-30-11-19-34(20-12-30)46-40(58)26-42(60)50-48-38(56)22-36(54)24-44(48)62-52(46)50/h1-26,61-62H. The fraction of sp³-hybridized carbons (Fsp3) is 0. The molecule has 0 unspecified atom stereocenters. The molecule has 0 atom stereocenters. The van der Waals surface area contributed by atoms with Gasteiger partial charge in [-0.3, -0.25) is 0 Å². The quantitative estimate of drug-likeness (QED) is 0.118. The molecule has 0 saturated carbocycles. The van der Waals surface area contributed by atoms with E-state index in [9.17, 15) is 26.3 Å². The lowest BCUT2D eigenvalue weighted by Crippen LogP contribution is -1.90. The highest BCUT2D eigenvalue weighted by atomic mass is 19.2. The lowest BCUT2D eigenvalue weighted by molar-refractivity contribution is 0.588. The van der Waals surface area contributed by atoms with E-state index in [4.69, 9.17) is 0 Å². The van der Waals surface area contributed by atoms with Crippen LogP contribution in [0.15, 0.2) is 133 Å². The third-order valence-electron chi connectivity index (χ3n) is 11.1. The molecular weight excluding hydrogens is 805 g/mol. The molecular formula is C52H28F8N2. The molecule has 62 heavy (non-hydrogen) atoms. The maximum Gasteiger partial charge on any atom is 0.136 e. The number of aromatic nitrogens is 2. The van der Waals surface area contributed by atoms with E-state index in [1.165, 1.54) is 0 Å². The molecule has 10 rings (SSSR count). The van der Waals surface area contributed by atoms with Crippen LogP contribution in [0.1, 0.15) is 22.3 Å². The predicted octanol–water partition coefficient (Wildman–Crippen LogP) is 15.4. The summed E-state index contributed by atoms with van der Waals surface area (Å²) in [6, 6.07) is 34.7. The third kappa shape index (κ3) is 6.79. The van der Waals surface area contributed by atoms with Crippen molar-refractivity contribution in [2.24, 2.45) is 0 Å². The van der Waals surface area contributed by atoms with Gasteiger partial charge in [0.1, 0.15) is 46.5 Å². The average Bonchev–Trinajstić information content (AvgIpc) is 3.83. The van der Waals surface area contributed by atoms with Gasteiger partial charge in [-0.25, -0.2) is 35.1 Å². The zero-order chi connectivity index (χ0) is 42.8. The predicted molar refractivity (Wildman–Crippen MR) is 232 cm³/mol. The Labute approximate surface area is 347 Å². The first-order valence-corrected chi connectivity index (χ1v) is 19.3. The van der Waals surface area contributed by atoms with Gasteiger partial charge in [0.25, 0.3) is 0 Å². The van der Waals surface area contributed by atoms with E-state index in [2.05, 4.69) is 9.97 Å². The maximum absolute atomic E-state index is 15.2. The minimum atomic E-state index is -0.947. The summed E-state index contributed by atoms with van der Waals surface area (Å²) in [5, 5.41) is -0.565. The van der Waals surface area contributed by atoms with E-state index in [0.717, 1.165) is 45.5 Å². The SMILES string of the molecule is Fc1cc(F)c2c(c1)[nH]c1c(-c3ccc(C=Cc4ccc(-c5ccc(C=Cc6ccc(-c7c(F)cc(F)c8c7[nH]c7cc(F)cc(F)c78)cc6)cc5)cc4)cc3)c(F)cc(F)c12. The molecule has 0 amide bonds. The third-order valence-corrected chi connectivity index (χ3v) is 11.1. The first-order chi connectivity index (χ1) is 30.0. The highest BCUT2D eigenvalue weighted by Crippen LogP contribution is 2.40. The van der Waals surface area contributed by atoms with Crippen LogP contribution in [-0.4, -0.2) is 9.97 Å². The van der Waals surface area contributed by atoms with Crippen molar-refractivity contribution in [3.8, 4) is 33.4 Å². The highest BCUT2D eigenvalue weighted by Gasteiger charge is 2.23. The molecule has 10 heteroatoms. The Morgan fingerprint density at radius 3 is 0.903 bits per heavy atom. The number of rotatable bonds is 7. The van der Waals surface area contributed by atoms with Gasteiger partial charge in [0.05, 0.1) is 22.1 Å². The minimum Gasteiger partial charge on any atom is -0.354 e. The van der Waals surface area contributed by atoms with Gasteiger partial charge in [-0.15, -0.1) is 0 Å². The molecule has 2 aromatic heterocycles. The Bertz CT molecular complexity index is 3220. The van der Waals surface area contributed by atoms with E-state index in [1.807, 2.05) is 72.8 Å². The van der Waals surface area contributed by atoms with Crippen LogP contribution in [0.25, 0.3) is 101 Å². The van der Waals surface area contributed by atoms with Crippen molar-refractivity contribution in [3.05, 3.63) is 202 Å². The normalized spacial score (nSPS) is 12.1. The summed E-state index contributed by atoms with van der Waals surface area (Å²) in [4.78, 5) is 5.62. The van der Waals surface area contributed by atoms with Crippen molar-refractivity contribution >= 4 is 67.9 Å². The molecule has 0 aliphatic heterocycles. The van der Waals surface area contributed by atoms with E-state index in [0.29, 0.717) is 35.4 Å². The minimum absolute atomic E-state index is 0.0302. The highest BCUT2D eigenvalue weighted by molar-refractivity contribution is 6.13. The molecule has 0 spiro atoms. The zero-order valence-electron chi connectivity index (χ0n) is 32.0. The number of hydrogen-bond donors (Lipinski definition) is 2. The molecule has 2 heterocycles. The molecule has 0 radical (unpaired) electrons. The molecule has 10 aromatic rings. The van der Waals surface area contributed by atoms with Gasteiger partial charge in [-0.1, -0.05) is 121 Å². The van der Waals surface area contributed by atoms with Gasteiger partial charge in [0, 0.05) is 56.9 Å². The van der Waals surface area contributed by atoms with Crippen LogP contribution in [0.5, 0.6) is 0 Å². The van der Waals surface area contributed by atoms with Crippen LogP contribution in [0.4, 0.5) is 35.1 Å². The van der Waals surface area contributed by atoms with Crippen molar-refractivity contribution < 1.29 is 35.1 Å². The summed E-state index contributed by atoms with van der Waals surface area (Å²) in [6.45, 7) is 0. The average molecular weight is 833 g/mol. The second-order valence-electron chi connectivity index (χ2n) is 15.0. The summed E-state index contributed by atoms with van der Waals surface area (Å²) in [6.07, 6.45) is 7.68. The topological polar surface area (TPSA) is 31.6 Å². The first-order valence-electron chi connectivity index (χ1n) is 19.3. The van der Waals surface area contributed by atoms with Crippen LogP contribution in [0.3, 0.4) is 0 Å². The second-order valence-corrected chi connectivity index (χ2v) is 15.0. The summed E-state index contributed by atoms with van der Waals surface area (Å²) in [5.74, 6) is -7.11. The van der Waals surface area contributed by atoms with Crippen molar-refractivity contribution in [2.75, 3.05) is 0 Å². The number of hydrogen-bond acceptors (Lipinski definition) is 0. The summed E-state index contributed by atoms with van der Waals surface area (Å²) in [7, 11) is 0. The van der Waals surface area contributed by atoms with Gasteiger partial charge in [-0.05, 0) is 56.6 Å². The van der Waals surface area contributed by atoms with Crippen LogP contribution in [0, 0.1) is 46.5 Å². The summed E-state index contributed by atoms with van der Waals surface area (Å²) < 4.78 is 117. The summed E-state index contributed by atoms with van der Waals surface area (Å²) >= 11 is 0. The molecule has 0 saturated heterocycles. The fourth-order valence-corrected chi connectivity index (χ4v) is 8.14. The number of halogens is 8. The smallest absolute Gasteiger partial charge is 0.136 e. The molecule has 8 aromatic carbocycles. The van der Waals surface area contributed by atoms with Crippen LogP contribution in [0.2, 0.25) is 0 Å². The second kappa shape index (κ2) is 15.1. The molecule has 0 bridgehead atoms. The summed E-state index contributed by atoms with van der Waals surface area (Å²) in [5.41, 5.74) is 6.68. The lowest BCUT2D eigenvalue weighted by atomic mass is 9.99. The van der Waals surface area contributed by atoms with E-state index < -0.39 is 46.5 Å². The van der Waals surface area contributed by atoms with Gasteiger partial charge < -0.3 is 9.97 Å². The molecule has 0 aliphatic rings. The number of fused-ring (bicyclic) bond motifs is 6. The van der Waals surface area contributed by atoms with E-state index in [-0.39, 0.29) is 54.7 Å². The first kappa shape index (κ1) is 38.5. The van der Waals surface area contributed by atoms with Gasteiger partial charge in [0.15, 0.2) is 0 Å². The molecule has 2 N–H and O–H groups in total.